The predicted octanol–water partition coefficient (Wildman–Crippen LogP) is 1.94. The lowest BCUT2D eigenvalue weighted by Gasteiger charge is -2.26. The summed E-state index contributed by atoms with van der Waals surface area (Å²) in [5, 5.41) is 96.4. The Morgan fingerprint density at radius 1 is 0.288 bits per heavy atom. The number of carboxylic acid groups (broad SMARTS) is 10. The topological polar surface area (TPSA) is 373 Å². The first-order valence-electron chi connectivity index (χ1n) is 16.2. The normalized spacial score (nSPS) is 17.0. The van der Waals surface area contributed by atoms with Crippen molar-refractivity contribution >= 4 is 59.7 Å². The van der Waals surface area contributed by atoms with Gasteiger partial charge in [0, 0.05) is 0 Å². The Kier molecular flexibility index (Phi) is 19.6. The molecule has 0 bridgehead atoms. The van der Waals surface area contributed by atoms with Crippen LogP contribution in [0.25, 0.3) is 0 Å². The number of carbonyl (C=O) groups is 10. The van der Waals surface area contributed by atoms with Crippen molar-refractivity contribution in [1.82, 2.24) is 0 Å². The summed E-state index contributed by atoms with van der Waals surface area (Å²) >= 11 is 0. The molecular formula is C32H46O20. The van der Waals surface area contributed by atoms with Crippen LogP contribution in [0.4, 0.5) is 0 Å². The molecule has 0 aliphatic rings. The van der Waals surface area contributed by atoms with Crippen LogP contribution in [-0.2, 0) is 47.9 Å². The van der Waals surface area contributed by atoms with Gasteiger partial charge in [0.15, 0.2) is 0 Å². The average Bonchev–Trinajstić information content (AvgIpc) is 3.01. The molecule has 0 aliphatic heterocycles. The second-order valence-corrected chi connectivity index (χ2v) is 13.1. The molecule has 52 heavy (non-hydrogen) atoms. The second kappa shape index (κ2) is 21.8. The van der Waals surface area contributed by atoms with Gasteiger partial charge < -0.3 is 51.1 Å². The van der Waals surface area contributed by atoms with Crippen LogP contribution in [0.15, 0.2) is 0 Å². The minimum absolute atomic E-state index is 0.00819. The molecule has 10 unspecified atom stereocenters. The van der Waals surface area contributed by atoms with Crippen LogP contribution in [0.1, 0.15) is 78.1 Å². The second-order valence-electron chi connectivity index (χ2n) is 13.1. The summed E-state index contributed by atoms with van der Waals surface area (Å²) in [4.78, 5) is 119. The third-order valence-electron chi connectivity index (χ3n) is 9.25. The number of hydrogen-bond donors (Lipinski definition) is 10. The summed E-state index contributed by atoms with van der Waals surface area (Å²) in [6, 6.07) is 0. The lowest BCUT2D eigenvalue weighted by molar-refractivity contribution is -0.152. The molecular weight excluding hydrogens is 704 g/mol. The molecule has 0 fully saturated rings. The summed E-state index contributed by atoms with van der Waals surface area (Å²) < 4.78 is 0. The van der Waals surface area contributed by atoms with Gasteiger partial charge in [0.05, 0.1) is 59.2 Å². The van der Waals surface area contributed by atoms with E-state index in [1.807, 2.05) is 0 Å². The first-order chi connectivity index (χ1) is 23.9. The molecule has 0 amide bonds. The highest BCUT2D eigenvalue weighted by molar-refractivity contribution is 5.79. The fourth-order valence-electron chi connectivity index (χ4n) is 6.10. The Morgan fingerprint density at radius 3 is 0.577 bits per heavy atom. The molecule has 10 N–H and O–H groups in total. The van der Waals surface area contributed by atoms with Crippen LogP contribution in [0.3, 0.4) is 0 Å². The SMILES string of the molecule is CCC(CC(CC(CC(CC(CC(CC(CC(CC(CC(C)C(=O)O)C(=O)O)C(=O)O)C(=O)O)C(=O)O)C(=O)O)C(=O)O)C(=O)O)C(=O)O)C(=O)O. The van der Waals surface area contributed by atoms with Crippen molar-refractivity contribution in [2.45, 2.75) is 78.1 Å². The van der Waals surface area contributed by atoms with E-state index in [2.05, 4.69) is 0 Å². The van der Waals surface area contributed by atoms with Gasteiger partial charge in [-0.2, -0.15) is 0 Å². The predicted molar refractivity (Wildman–Crippen MR) is 169 cm³/mol. The number of hydrogen-bond acceptors (Lipinski definition) is 10. The van der Waals surface area contributed by atoms with Gasteiger partial charge in [-0.05, 0) is 64.2 Å². The highest BCUT2D eigenvalue weighted by atomic mass is 16.4. The van der Waals surface area contributed by atoms with Gasteiger partial charge in [-0.15, -0.1) is 0 Å². The number of carboxylic acids is 10. The maximum Gasteiger partial charge on any atom is 0.306 e. The van der Waals surface area contributed by atoms with E-state index >= 15 is 0 Å². The van der Waals surface area contributed by atoms with Crippen LogP contribution < -0.4 is 0 Å². The minimum Gasteiger partial charge on any atom is -0.481 e. The van der Waals surface area contributed by atoms with Gasteiger partial charge in [0.2, 0.25) is 0 Å². The summed E-state index contributed by atoms with van der Waals surface area (Å²) in [6.45, 7) is 2.64. The largest absolute Gasteiger partial charge is 0.481 e. The van der Waals surface area contributed by atoms with Crippen molar-refractivity contribution in [1.29, 1.82) is 0 Å². The Labute approximate surface area is 296 Å². The van der Waals surface area contributed by atoms with Crippen molar-refractivity contribution in [3.63, 3.8) is 0 Å². The van der Waals surface area contributed by atoms with E-state index in [0.717, 1.165) is 0 Å². The van der Waals surface area contributed by atoms with Crippen LogP contribution in [0.2, 0.25) is 0 Å². The summed E-state index contributed by atoms with van der Waals surface area (Å²) in [5.41, 5.74) is 0. The molecule has 294 valence electrons. The zero-order valence-electron chi connectivity index (χ0n) is 28.4. The van der Waals surface area contributed by atoms with Crippen molar-refractivity contribution in [2.75, 3.05) is 0 Å². The average molecular weight is 751 g/mol. The Bertz CT molecular complexity index is 1340. The molecule has 0 radical (unpaired) electrons. The Morgan fingerprint density at radius 2 is 0.442 bits per heavy atom. The minimum atomic E-state index is -1.85. The zero-order chi connectivity index (χ0) is 40.6. The van der Waals surface area contributed by atoms with Gasteiger partial charge in [0.25, 0.3) is 0 Å². The summed E-state index contributed by atoms with van der Waals surface area (Å²) in [5.74, 6) is -32.2. The molecule has 0 spiro atoms. The van der Waals surface area contributed by atoms with E-state index in [1.54, 1.807) is 0 Å². The van der Waals surface area contributed by atoms with E-state index in [4.69, 9.17) is 5.11 Å². The Balaban J connectivity index is 6.24. The number of aliphatic carboxylic acids is 10. The molecule has 0 saturated heterocycles. The molecule has 0 aromatic carbocycles. The molecule has 0 saturated carbocycles. The number of rotatable bonds is 29. The highest BCUT2D eigenvalue weighted by Crippen LogP contribution is 2.34. The fraction of sp³-hybridized carbons (Fsp3) is 0.688. The van der Waals surface area contributed by atoms with E-state index in [9.17, 15) is 93.9 Å². The quantitative estimate of drug-likeness (QED) is 0.0522. The molecule has 20 nitrogen and oxygen atoms in total. The van der Waals surface area contributed by atoms with Gasteiger partial charge in [0.1, 0.15) is 0 Å². The van der Waals surface area contributed by atoms with Gasteiger partial charge in [-0.25, -0.2) is 0 Å². The molecule has 0 heterocycles. The van der Waals surface area contributed by atoms with Gasteiger partial charge in [-0.1, -0.05) is 13.8 Å². The van der Waals surface area contributed by atoms with Gasteiger partial charge in [-0.3, -0.25) is 47.9 Å². The molecule has 20 heteroatoms. The standard InChI is InChI=1S/C32H46O20/c1-3-14(24(35)36)5-16(26(39)40)7-18(28(43)44)9-20(30(47)48)11-22(32(51)52)12-21(31(49)50)10-19(29(45)46)8-17(27(41)42)6-15(25(37)38)4-13(2)23(33)34/h13-22H,3-12H2,1-2H3,(H,33,34)(H,35,36)(H,37,38)(H,39,40)(H,41,42)(H,43,44)(H,45,46)(H,47,48)(H,49,50)(H,51,52). The van der Waals surface area contributed by atoms with E-state index < -0.39 is 177 Å². The van der Waals surface area contributed by atoms with Crippen LogP contribution in [0, 0.1) is 59.2 Å². The van der Waals surface area contributed by atoms with Crippen molar-refractivity contribution < 1.29 is 99.0 Å². The fourth-order valence-corrected chi connectivity index (χ4v) is 6.10. The smallest absolute Gasteiger partial charge is 0.306 e. The lowest BCUT2D eigenvalue weighted by atomic mass is 9.77. The summed E-state index contributed by atoms with van der Waals surface area (Å²) in [7, 11) is 0. The zero-order valence-corrected chi connectivity index (χ0v) is 28.4. The van der Waals surface area contributed by atoms with E-state index in [1.165, 1.54) is 13.8 Å². The van der Waals surface area contributed by atoms with E-state index in [0.29, 0.717) is 0 Å². The van der Waals surface area contributed by atoms with E-state index in [-0.39, 0.29) is 6.42 Å². The first kappa shape index (κ1) is 46.7. The summed E-state index contributed by atoms with van der Waals surface area (Å²) in [6.07, 6.45) is -6.75. The molecule has 0 aliphatic carbocycles. The maximum absolute atomic E-state index is 12.2. The molecule has 10 atom stereocenters. The van der Waals surface area contributed by atoms with Crippen LogP contribution >= 0.6 is 0 Å². The Hall–Kier alpha value is -5.30. The molecule has 0 rings (SSSR count). The lowest BCUT2D eigenvalue weighted by Crippen LogP contribution is -2.33. The van der Waals surface area contributed by atoms with Crippen molar-refractivity contribution in [3.05, 3.63) is 0 Å². The van der Waals surface area contributed by atoms with Crippen LogP contribution in [0.5, 0.6) is 0 Å². The molecule has 0 aromatic heterocycles. The maximum atomic E-state index is 12.2. The van der Waals surface area contributed by atoms with Crippen LogP contribution in [-0.4, -0.2) is 111 Å². The first-order valence-corrected chi connectivity index (χ1v) is 16.2. The molecule has 0 aromatic rings. The third-order valence-corrected chi connectivity index (χ3v) is 9.25. The van der Waals surface area contributed by atoms with Gasteiger partial charge >= 0.3 is 59.7 Å². The van der Waals surface area contributed by atoms with Crippen molar-refractivity contribution in [3.8, 4) is 0 Å². The van der Waals surface area contributed by atoms with Crippen molar-refractivity contribution in [2.24, 2.45) is 59.2 Å². The highest BCUT2D eigenvalue weighted by Gasteiger charge is 2.39. The third kappa shape index (κ3) is 16.2. The monoisotopic (exact) mass is 750 g/mol.